The van der Waals surface area contributed by atoms with Crippen molar-refractivity contribution in [2.45, 2.75) is 0 Å². The first-order valence-electron chi connectivity index (χ1n) is 4.06. The molecule has 0 aliphatic heterocycles. The molecule has 0 unspecified atom stereocenters. The van der Waals surface area contributed by atoms with E-state index in [9.17, 15) is 4.39 Å². The minimum absolute atomic E-state index is 0.308. The topological polar surface area (TPSA) is 33.6 Å². The molecule has 1 heterocycles. The maximum atomic E-state index is 13.3. The highest BCUT2D eigenvalue weighted by Crippen LogP contribution is 2.17. The molecular weight excluding hydrogens is 201 g/mol. The molecule has 0 saturated carbocycles. The molecular formula is C9H8FN3S. The van der Waals surface area contributed by atoms with Crippen LogP contribution in [0.5, 0.6) is 0 Å². The van der Waals surface area contributed by atoms with Gasteiger partial charge in [-0.25, -0.2) is 4.39 Å². The van der Waals surface area contributed by atoms with Gasteiger partial charge in [0.15, 0.2) is 5.82 Å². The zero-order valence-corrected chi connectivity index (χ0v) is 8.31. The standard InChI is InChI=1S/C9H8FN3S/c1-13-9(14)11-8(12-13)6-4-2-3-5-7(6)10/h2-5H,1H3,(H,11,12,14). The highest BCUT2D eigenvalue weighted by molar-refractivity contribution is 7.71. The molecule has 0 bridgehead atoms. The van der Waals surface area contributed by atoms with Crippen LogP contribution in [0, 0.1) is 10.6 Å². The van der Waals surface area contributed by atoms with E-state index in [2.05, 4.69) is 10.1 Å². The fourth-order valence-corrected chi connectivity index (χ4v) is 1.31. The van der Waals surface area contributed by atoms with Crippen LogP contribution in [0.3, 0.4) is 0 Å². The van der Waals surface area contributed by atoms with Gasteiger partial charge in [-0.05, 0) is 24.4 Å². The number of H-pyrrole nitrogens is 1. The number of aryl methyl sites for hydroxylation is 1. The van der Waals surface area contributed by atoms with Crippen LogP contribution in [-0.4, -0.2) is 14.8 Å². The van der Waals surface area contributed by atoms with Crippen LogP contribution in [0.1, 0.15) is 0 Å². The van der Waals surface area contributed by atoms with E-state index in [4.69, 9.17) is 12.2 Å². The van der Waals surface area contributed by atoms with E-state index in [0.717, 1.165) is 0 Å². The fourth-order valence-electron chi connectivity index (χ4n) is 1.18. The third kappa shape index (κ3) is 1.46. The summed E-state index contributed by atoms with van der Waals surface area (Å²) in [5.41, 5.74) is 0.430. The van der Waals surface area contributed by atoms with Crippen LogP contribution in [0.2, 0.25) is 0 Å². The molecule has 0 aliphatic rings. The third-order valence-electron chi connectivity index (χ3n) is 1.90. The Hall–Kier alpha value is -1.49. The van der Waals surface area contributed by atoms with Crippen molar-refractivity contribution in [1.29, 1.82) is 0 Å². The number of hydrogen-bond donors (Lipinski definition) is 1. The molecule has 0 radical (unpaired) electrons. The highest BCUT2D eigenvalue weighted by Gasteiger charge is 2.07. The van der Waals surface area contributed by atoms with Gasteiger partial charge in [-0.2, -0.15) is 4.98 Å². The van der Waals surface area contributed by atoms with E-state index in [1.54, 1.807) is 29.9 Å². The van der Waals surface area contributed by atoms with Gasteiger partial charge in [-0.1, -0.05) is 12.1 Å². The Labute approximate surface area is 85.2 Å². The normalized spacial score (nSPS) is 10.4. The second kappa shape index (κ2) is 3.34. The Morgan fingerprint density at radius 3 is 2.71 bits per heavy atom. The van der Waals surface area contributed by atoms with Crippen LogP contribution in [0.25, 0.3) is 11.4 Å². The largest absolute Gasteiger partial charge is 0.279 e. The van der Waals surface area contributed by atoms with Crippen molar-refractivity contribution in [2.75, 3.05) is 0 Å². The number of hydrogen-bond acceptors (Lipinski definition) is 2. The van der Waals surface area contributed by atoms with E-state index < -0.39 is 0 Å². The lowest BCUT2D eigenvalue weighted by Crippen LogP contribution is -1.90. The number of benzene rings is 1. The van der Waals surface area contributed by atoms with Crippen LogP contribution < -0.4 is 0 Å². The lowest BCUT2D eigenvalue weighted by molar-refractivity contribution is 0.629. The summed E-state index contributed by atoms with van der Waals surface area (Å²) in [6.45, 7) is 0. The Morgan fingerprint density at radius 2 is 2.14 bits per heavy atom. The van der Waals surface area contributed by atoms with Crippen molar-refractivity contribution in [3.8, 4) is 11.4 Å². The molecule has 1 aromatic heterocycles. The lowest BCUT2D eigenvalue weighted by atomic mass is 10.2. The van der Waals surface area contributed by atoms with E-state index in [0.29, 0.717) is 16.2 Å². The van der Waals surface area contributed by atoms with Gasteiger partial charge in [0.2, 0.25) is 4.77 Å². The second-order valence-corrected chi connectivity index (χ2v) is 3.26. The molecule has 72 valence electrons. The summed E-state index contributed by atoms with van der Waals surface area (Å²) in [6, 6.07) is 6.43. The molecule has 2 rings (SSSR count). The van der Waals surface area contributed by atoms with E-state index in [1.807, 2.05) is 0 Å². The average molecular weight is 209 g/mol. The summed E-state index contributed by atoms with van der Waals surface area (Å²) in [5.74, 6) is 0.146. The minimum atomic E-state index is -0.308. The van der Waals surface area contributed by atoms with Crippen molar-refractivity contribution in [1.82, 2.24) is 14.8 Å². The fraction of sp³-hybridized carbons (Fsp3) is 0.111. The number of nitrogens with zero attached hydrogens (tertiary/aromatic N) is 2. The summed E-state index contributed by atoms with van der Waals surface area (Å²) in [4.78, 5) is 4.02. The predicted molar refractivity (Wildman–Crippen MR) is 53.8 cm³/mol. The predicted octanol–water partition coefficient (Wildman–Crippen LogP) is 2.28. The van der Waals surface area contributed by atoms with Gasteiger partial charge in [0.1, 0.15) is 5.82 Å². The first kappa shape index (κ1) is 9.08. The lowest BCUT2D eigenvalue weighted by Gasteiger charge is -1.96. The van der Waals surface area contributed by atoms with Gasteiger partial charge in [0.25, 0.3) is 0 Å². The molecule has 0 spiro atoms. The number of rotatable bonds is 1. The molecule has 1 N–H and O–H groups in total. The van der Waals surface area contributed by atoms with Crippen LogP contribution >= 0.6 is 12.2 Å². The third-order valence-corrected chi connectivity index (χ3v) is 2.26. The monoisotopic (exact) mass is 209 g/mol. The summed E-state index contributed by atoms with van der Waals surface area (Å²) in [5, 5.41) is 2.86. The van der Waals surface area contributed by atoms with Gasteiger partial charge >= 0.3 is 0 Å². The first-order valence-corrected chi connectivity index (χ1v) is 4.47. The summed E-state index contributed by atoms with van der Waals surface area (Å²) >= 11 is 4.92. The zero-order valence-electron chi connectivity index (χ0n) is 7.49. The van der Waals surface area contributed by atoms with Crippen molar-refractivity contribution < 1.29 is 4.39 Å². The van der Waals surface area contributed by atoms with Gasteiger partial charge in [0, 0.05) is 7.05 Å². The maximum Gasteiger partial charge on any atom is 0.216 e. The van der Waals surface area contributed by atoms with Gasteiger partial charge < -0.3 is 0 Å². The highest BCUT2D eigenvalue weighted by atomic mass is 32.1. The van der Waals surface area contributed by atoms with Gasteiger partial charge in [0.05, 0.1) is 5.56 Å². The average Bonchev–Trinajstić information content (AvgIpc) is 2.48. The Balaban J connectivity index is 2.60. The molecule has 5 heteroatoms. The van der Waals surface area contributed by atoms with Crippen molar-refractivity contribution in [3.05, 3.63) is 34.9 Å². The minimum Gasteiger partial charge on any atom is -0.279 e. The molecule has 0 fully saturated rings. The Kier molecular flexibility index (Phi) is 2.17. The second-order valence-electron chi connectivity index (χ2n) is 2.89. The molecule has 2 aromatic rings. The summed E-state index contributed by atoms with van der Waals surface area (Å²) in [6.07, 6.45) is 0. The SMILES string of the molecule is Cn1[nH]c(-c2ccccc2F)nc1=S. The van der Waals surface area contributed by atoms with Gasteiger partial charge in [-0.3, -0.25) is 9.78 Å². The maximum absolute atomic E-state index is 13.3. The van der Waals surface area contributed by atoms with Crippen molar-refractivity contribution in [2.24, 2.45) is 7.05 Å². The van der Waals surface area contributed by atoms with Gasteiger partial charge in [-0.15, -0.1) is 0 Å². The summed E-state index contributed by atoms with van der Waals surface area (Å²) in [7, 11) is 1.74. The first-order chi connectivity index (χ1) is 6.68. The molecule has 0 saturated heterocycles. The van der Waals surface area contributed by atoms with E-state index in [1.165, 1.54) is 6.07 Å². The Morgan fingerprint density at radius 1 is 1.43 bits per heavy atom. The Bertz CT molecular complexity index is 515. The molecule has 0 amide bonds. The van der Waals surface area contributed by atoms with Crippen molar-refractivity contribution in [3.63, 3.8) is 0 Å². The van der Waals surface area contributed by atoms with E-state index >= 15 is 0 Å². The van der Waals surface area contributed by atoms with Crippen LogP contribution in [-0.2, 0) is 7.05 Å². The van der Waals surface area contributed by atoms with Crippen LogP contribution in [0.4, 0.5) is 4.39 Å². The number of aromatic amines is 1. The quantitative estimate of drug-likeness (QED) is 0.731. The molecule has 3 nitrogen and oxygen atoms in total. The number of halogens is 1. The smallest absolute Gasteiger partial charge is 0.216 e. The molecule has 1 aromatic carbocycles. The molecule has 14 heavy (non-hydrogen) atoms. The number of nitrogens with one attached hydrogen (secondary N) is 1. The van der Waals surface area contributed by atoms with E-state index in [-0.39, 0.29) is 5.82 Å². The van der Waals surface area contributed by atoms with Crippen LogP contribution in [0.15, 0.2) is 24.3 Å². The zero-order chi connectivity index (χ0) is 10.1. The summed E-state index contributed by atoms with van der Waals surface area (Å²) < 4.78 is 15.3. The van der Waals surface area contributed by atoms with Crippen molar-refractivity contribution >= 4 is 12.2 Å². The molecule has 0 aliphatic carbocycles. The molecule has 0 atom stereocenters. The number of aromatic nitrogens is 3.